The first-order valence-corrected chi connectivity index (χ1v) is 6.69. The maximum absolute atomic E-state index is 13.2. The van der Waals surface area contributed by atoms with Crippen LogP contribution >= 0.6 is 15.9 Å². The average molecular weight is 325 g/mol. The Morgan fingerprint density at radius 3 is 2.63 bits per heavy atom. The number of aryl methyl sites for hydroxylation is 1. The molecule has 1 aromatic heterocycles. The fraction of sp³-hybridized carbons (Fsp3) is 0.231. The minimum atomic E-state index is -0.294. The Morgan fingerprint density at radius 1 is 1.21 bits per heavy atom. The van der Waals surface area contributed by atoms with E-state index in [-0.39, 0.29) is 5.82 Å². The number of anilines is 3. The third-order valence-corrected chi connectivity index (χ3v) is 3.00. The molecule has 0 aliphatic heterocycles. The second-order valence-electron chi connectivity index (χ2n) is 3.97. The molecule has 0 aliphatic rings. The summed E-state index contributed by atoms with van der Waals surface area (Å²) in [4.78, 5) is 8.56. The summed E-state index contributed by atoms with van der Waals surface area (Å²) in [5.74, 6) is 1.81. The van der Waals surface area contributed by atoms with Crippen LogP contribution in [0.25, 0.3) is 0 Å². The zero-order chi connectivity index (χ0) is 13.8. The summed E-state index contributed by atoms with van der Waals surface area (Å²) in [6.45, 7) is 4.62. The number of hydrogen-bond acceptors (Lipinski definition) is 4. The second-order valence-corrected chi connectivity index (χ2v) is 4.82. The maximum atomic E-state index is 13.2. The van der Waals surface area contributed by atoms with Crippen LogP contribution in [0.3, 0.4) is 0 Å². The standard InChI is InChI=1S/C13H14BrFN4/c1-3-16-12-7-13(18-8(2)17-12)19-9-4-5-11(15)10(14)6-9/h4-7H,3H2,1-2H3,(H2,16,17,18,19). The zero-order valence-electron chi connectivity index (χ0n) is 10.7. The monoisotopic (exact) mass is 324 g/mol. The van der Waals surface area contributed by atoms with Crippen LogP contribution in [0.1, 0.15) is 12.7 Å². The highest BCUT2D eigenvalue weighted by Crippen LogP contribution is 2.23. The van der Waals surface area contributed by atoms with Crippen molar-refractivity contribution in [3.8, 4) is 0 Å². The van der Waals surface area contributed by atoms with Crippen molar-refractivity contribution in [1.82, 2.24) is 9.97 Å². The van der Waals surface area contributed by atoms with E-state index < -0.39 is 0 Å². The minimum Gasteiger partial charge on any atom is -0.370 e. The van der Waals surface area contributed by atoms with Gasteiger partial charge in [-0.05, 0) is 48.0 Å². The smallest absolute Gasteiger partial charge is 0.137 e. The van der Waals surface area contributed by atoms with Gasteiger partial charge in [-0.3, -0.25) is 0 Å². The van der Waals surface area contributed by atoms with E-state index in [0.29, 0.717) is 16.1 Å². The molecule has 0 fully saturated rings. The highest BCUT2D eigenvalue weighted by molar-refractivity contribution is 9.10. The van der Waals surface area contributed by atoms with Gasteiger partial charge in [0.2, 0.25) is 0 Å². The molecule has 0 aliphatic carbocycles. The molecular weight excluding hydrogens is 311 g/mol. The van der Waals surface area contributed by atoms with Crippen molar-refractivity contribution < 1.29 is 4.39 Å². The molecule has 0 amide bonds. The van der Waals surface area contributed by atoms with E-state index in [1.54, 1.807) is 12.1 Å². The molecule has 2 rings (SSSR count). The van der Waals surface area contributed by atoms with Gasteiger partial charge in [-0.25, -0.2) is 14.4 Å². The quantitative estimate of drug-likeness (QED) is 0.896. The van der Waals surface area contributed by atoms with Crippen LogP contribution in [0.4, 0.5) is 21.7 Å². The summed E-state index contributed by atoms with van der Waals surface area (Å²) in [5.41, 5.74) is 0.758. The topological polar surface area (TPSA) is 49.8 Å². The second kappa shape index (κ2) is 5.97. The first-order chi connectivity index (χ1) is 9.08. The number of halogens is 2. The number of aromatic nitrogens is 2. The number of nitrogens with zero attached hydrogens (tertiary/aromatic N) is 2. The van der Waals surface area contributed by atoms with Crippen molar-refractivity contribution in [3.63, 3.8) is 0 Å². The van der Waals surface area contributed by atoms with Gasteiger partial charge in [0.1, 0.15) is 23.3 Å². The van der Waals surface area contributed by atoms with Gasteiger partial charge in [-0.2, -0.15) is 0 Å². The SMILES string of the molecule is CCNc1cc(Nc2ccc(F)c(Br)c2)nc(C)n1. The van der Waals surface area contributed by atoms with Crippen LogP contribution in [0.2, 0.25) is 0 Å². The minimum absolute atomic E-state index is 0.294. The summed E-state index contributed by atoms with van der Waals surface area (Å²) in [6.07, 6.45) is 0. The van der Waals surface area contributed by atoms with Gasteiger partial charge in [0.05, 0.1) is 4.47 Å². The molecule has 1 heterocycles. The molecular formula is C13H14BrFN4. The van der Waals surface area contributed by atoms with Crippen molar-refractivity contribution in [1.29, 1.82) is 0 Å². The van der Waals surface area contributed by atoms with Crippen molar-refractivity contribution >= 4 is 33.3 Å². The van der Waals surface area contributed by atoms with E-state index in [1.807, 2.05) is 19.9 Å². The molecule has 19 heavy (non-hydrogen) atoms. The lowest BCUT2D eigenvalue weighted by molar-refractivity contribution is 0.621. The predicted octanol–water partition coefficient (Wildman–Crippen LogP) is 3.86. The number of hydrogen-bond donors (Lipinski definition) is 2. The molecule has 0 unspecified atom stereocenters. The van der Waals surface area contributed by atoms with Crippen LogP contribution in [0.15, 0.2) is 28.7 Å². The Morgan fingerprint density at radius 2 is 1.95 bits per heavy atom. The lowest BCUT2D eigenvalue weighted by atomic mass is 10.3. The van der Waals surface area contributed by atoms with Crippen LogP contribution in [-0.2, 0) is 0 Å². The molecule has 4 nitrogen and oxygen atoms in total. The van der Waals surface area contributed by atoms with Crippen LogP contribution in [-0.4, -0.2) is 16.5 Å². The number of rotatable bonds is 4. The summed E-state index contributed by atoms with van der Waals surface area (Å²) in [7, 11) is 0. The first-order valence-electron chi connectivity index (χ1n) is 5.90. The van der Waals surface area contributed by atoms with Gasteiger partial charge in [0.15, 0.2) is 0 Å². The fourth-order valence-electron chi connectivity index (χ4n) is 1.63. The number of benzene rings is 1. The first kappa shape index (κ1) is 13.7. The highest BCUT2D eigenvalue weighted by atomic mass is 79.9. The van der Waals surface area contributed by atoms with Crippen LogP contribution < -0.4 is 10.6 Å². The van der Waals surface area contributed by atoms with Gasteiger partial charge in [0, 0.05) is 18.3 Å². The zero-order valence-corrected chi connectivity index (χ0v) is 12.3. The lowest BCUT2D eigenvalue weighted by Gasteiger charge is -2.09. The summed E-state index contributed by atoms with van der Waals surface area (Å²) >= 11 is 3.15. The predicted molar refractivity (Wildman–Crippen MR) is 78.3 cm³/mol. The summed E-state index contributed by atoms with van der Waals surface area (Å²) < 4.78 is 13.6. The molecule has 2 N–H and O–H groups in total. The van der Waals surface area contributed by atoms with Gasteiger partial charge in [0.25, 0.3) is 0 Å². The Bertz CT molecular complexity index is 589. The molecule has 1 aromatic carbocycles. The van der Waals surface area contributed by atoms with Gasteiger partial charge in [-0.1, -0.05) is 0 Å². The lowest BCUT2D eigenvalue weighted by Crippen LogP contribution is -2.04. The Labute approximate surface area is 119 Å². The Balaban J connectivity index is 2.24. The van der Waals surface area contributed by atoms with Crippen molar-refractivity contribution in [2.75, 3.05) is 17.2 Å². The Hall–Kier alpha value is -1.69. The normalized spacial score (nSPS) is 10.3. The maximum Gasteiger partial charge on any atom is 0.137 e. The van der Waals surface area contributed by atoms with E-state index in [4.69, 9.17) is 0 Å². The van der Waals surface area contributed by atoms with Crippen LogP contribution in [0, 0.1) is 12.7 Å². The van der Waals surface area contributed by atoms with E-state index in [1.165, 1.54) is 6.07 Å². The van der Waals surface area contributed by atoms with E-state index in [0.717, 1.165) is 18.1 Å². The highest BCUT2D eigenvalue weighted by Gasteiger charge is 2.04. The van der Waals surface area contributed by atoms with Gasteiger partial charge in [-0.15, -0.1) is 0 Å². The van der Waals surface area contributed by atoms with Crippen LogP contribution in [0.5, 0.6) is 0 Å². The third-order valence-electron chi connectivity index (χ3n) is 2.39. The molecule has 0 saturated heterocycles. The fourth-order valence-corrected chi connectivity index (χ4v) is 2.00. The van der Waals surface area contributed by atoms with E-state index in [2.05, 4.69) is 36.5 Å². The Kier molecular flexibility index (Phi) is 4.31. The van der Waals surface area contributed by atoms with Crippen molar-refractivity contribution in [2.45, 2.75) is 13.8 Å². The molecule has 2 aromatic rings. The molecule has 0 spiro atoms. The van der Waals surface area contributed by atoms with Gasteiger partial charge < -0.3 is 10.6 Å². The number of nitrogens with one attached hydrogen (secondary N) is 2. The van der Waals surface area contributed by atoms with Crippen molar-refractivity contribution in [2.24, 2.45) is 0 Å². The average Bonchev–Trinajstić information content (AvgIpc) is 2.33. The molecule has 6 heteroatoms. The summed E-state index contributed by atoms with van der Waals surface area (Å²) in [5, 5.41) is 6.26. The van der Waals surface area contributed by atoms with E-state index >= 15 is 0 Å². The third kappa shape index (κ3) is 3.64. The van der Waals surface area contributed by atoms with Crippen molar-refractivity contribution in [3.05, 3.63) is 40.4 Å². The van der Waals surface area contributed by atoms with Gasteiger partial charge >= 0.3 is 0 Å². The summed E-state index contributed by atoms with van der Waals surface area (Å²) in [6, 6.07) is 6.53. The molecule has 0 saturated carbocycles. The van der Waals surface area contributed by atoms with E-state index in [9.17, 15) is 4.39 Å². The molecule has 0 atom stereocenters. The molecule has 100 valence electrons. The molecule has 0 bridgehead atoms. The molecule has 0 radical (unpaired) electrons. The largest absolute Gasteiger partial charge is 0.370 e.